The molecule has 0 atom stereocenters. The summed E-state index contributed by atoms with van der Waals surface area (Å²) in [5, 5.41) is 0. The Morgan fingerprint density at radius 2 is 0.839 bits per heavy atom. The summed E-state index contributed by atoms with van der Waals surface area (Å²) >= 11 is 0. The Bertz CT molecular complexity index is 498. The minimum absolute atomic E-state index is 0.729. The lowest BCUT2D eigenvalue weighted by Crippen LogP contribution is -2.25. The highest BCUT2D eigenvalue weighted by Crippen LogP contribution is 2.42. The molecule has 3 aliphatic carbocycles. The van der Waals surface area contributed by atoms with Crippen LogP contribution in [-0.4, -0.2) is 0 Å². The minimum atomic E-state index is 0.729. The summed E-state index contributed by atoms with van der Waals surface area (Å²) in [4.78, 5) is 0. The molecule has 0 N–H and O–H groups in total. The zero-order chi connectivity index (χ0) is 21.7. The van der Waals surface area contributed by atoms with Crippen LogP contribution in [-0.2, 0) is 0 Å². The molecule has 0 aromatic carbocycles. The van der Waals surface area contributed by atoms with Gasteiger partial charge < -0.3 is 0 Å². The lowest BCUT2D eigenvalue weighted by atomic mass is 9.68. The first-order valence-electron chi connectivity index (χ1n) is 14.8. The molecule has 31 heavy (non-hydrogen) atoms. The fourth-order valence-electron chi connectivity index (χ4n) is 7.06. The predicted octanol–water partition coefficient (Wildman–Crippen LogP) is 9.96. The van der Waals surface area contributed by atoms with Crippen LogP contribution in [0.5, 0.6) is 0 Å². The Labute approximate surface area is 196 Å². The summed E-state index contributed by atoms with van der Waals surface area (Å²) in [6.07, 6.45) is 30.7. The second kappa shape index (κ2) is 14.7. The van der Waals surface area contributed by atoms with Gasteiger partial charge in [0.2, 0.25) is 0 Å². The van der Waals surface area contributed by atoms with E-state index in [2.05, 4.69) is 25.7 Å². The average molecular weight is 427 g/mol. The van der Waals surface area contributed by atoms with Crippen molar-refractivity contribution < 1.29 is 0 Å². The first-order chi connectivity index (χ1) is 15.3. The van der Waals surface area contributed by atoms with E-state index in [9.17, 15) is 0 Å². The maximum absolute atomic E-state index is 3.77. The predicted molar refractivity (Wildman–Crippen MR) is 137 cm³/mol. The summed E-state index contributed by atoms with van der Waals surface area (Å²) in [6.45, 7) is 4.65. The molecule has 0 spiro atoms. The third-order valence-corrected chi connectivity index (χ3v) is 9.35. The van der Waals surface area contributed by atoms with Gasteiger partial charge >= 0.3 is 0 Å². The van der Waals surface area contributed by atoms with E-state index in [0.717, 1.165) is 35.5 Å². The average Bonchev–Trinajstić information content (AvgIpc) is 2.82. The van der Waals surface area contributed by atoms with Gasteiger partial charge in [0.15, 0.2) is 0 Å². The molecule has 178 valence electrons. The van der Waals surface area contributed by atoms with Gasteiger partial charge in [-0.2, -0.15) is 0 Å². The molecule has 0 bridgehead atoms. The molecule has 0 radical (unpaired) electrons. The molecular weight excluding hydrogens is 372 g/mol. The van der Waals surface area contributed by atoms with Crippen LogP contribution in [0.15, 0.2) is 0 Å². The highest BCUT2D eigenvalue weighted by Gasteiger charge is 2.30. The van der Waals surface area contributed by atoms with Crippen molar-refractivity contribution in [2.75, 3.05) is 0 Å². The highest BCUT2D eigenvalue weighted by molar-refractivity contribution is 5.09. The Balaban J connectivity index is 1.27. The molecule has 0 saturated heterocycles. The zero-order valence-corrected chi connectivity index (χ0v) is 21.3. The normalized spacial score (nSPS) is 34.1. The zero-order valence-electron chi connectivity index (χ0n) is 21.3. The van der Waals surface area contributed by atoms with Crippen LogP contribution in [0.2, 0.25) is 0 Å². The van der Waals surface area contributed by atoms with Crippen molar-refractivity contribution in [2.24, 2.45) is 35.5 Å². The second-order valence-electron chi connectivity index (χ2n) is 11.7. The maximum Gasteiger partial charge on any atom is 0.0203 e. The van der Waals surface area contributed by atoms with Crippen molar-refractivity contribution in [1.82, 2.24) is 0 Å². The molecule has 3 saturated carbocycles. The Kier molecular flexibility index (Phi) is 11.9. The van der Waals surface area contributed by atoms with Gasteiger partial charge in [-0.3, -0.25) is 0 Å². The third kappa shape index (κ3) is 9.14. The Hall–Kier alpha value is -0.440. The summed E-state index contributed by atoms with van der Waals surface area (Å²) in [6, 6.07) is 0. The van der Waals surface area contributed by atoms with E-state index in [1.54, 1.807) is 12.8 Å². The maximum atomic E-state index is 3.77. The monoisotopic (exact) mass is 426 g/mol. The summed E-state index contributed by atoms with van der Waals surface area (Å²) < 4.78 is 0. The van der Waals surface area contributed by atoms with Crippen molar-refractivity contribution >= 4 is 0 Å². The van der Waals surface area contributed by atoms with Crippen LogP contribution in [0.3, 0.4) is 0 Å². The SMILES string of the molecule is CCCCCCC1CCC(C2CCC(C#CC3CCC(CCCCC)CC3)CC2)CC1. The van der Waals surface area contributed by atoms with Crippen LogP contribution in [0.1, 0.15) is 149 Å². The van der Waals surface area contributed by atoms with Gasteiger partial charge in [-0.05, 0) is 87.9 Å². The molecular formula is C31H54. The van der Waals surface area contributed by atoms with E-state index in [4.69, 9.17) is 0 Å². The lowest BCUT2D eigenvalue weighted by Gasteiger charge is -2.37. The van der Waals surface area contributed by atoms with Crippen LogP contribution in [0, 0.1) is 47.3 Å². The summed E-state index contributed by atoms with van der Waals surface area (Å²) in [7, 11) is 0. The molecule has 0 nitrogen and oxygen atoms in total. The number of unbranched alkanes of at least 4 members (excludes halogenated alkanes) is 5. The molecule has 3 fully saturated rings. The van der Waals surface area contributed by atoms with Crippen LogP contribution in [0.25, 0.3) is 0 Å². The molecule has 3 aliphatic rings. The van der Waals surface area contributed by atoms with E-state index in [1.165, 1.54) is 122 Å². The van der Waals surface area contributed by atoms with Gasteiger partial charge in [-0.15, -0.1) is 0 Å². The van der Waals surface area contributed by atoms with Crippen molar-refractivity contribution in [3.8, 4) is 11.8 Å². The molecule has 0 aliphatic heterocycles. The molecule has 0 heteroatoms. The standard InChI is InChI=1S/C31H54/c1-3-5-7-9-11-27-18-22-30(23-19-27)31-24-20-29(21-25-31)17-16-28-14-12-26(13-15-28)10-8-6-4-2/h26-31H,3-15,18-25H2,1-2H3. The van der Waals surface area contributed by atoms with E-state index < -0.39 is 0 Å². The van der Waals surface area contributed by atoms with Crippen molar-refractivity contribution in [3.63, 3.8) is 0 Å². The number of rotatable bonds is 10. The lowest BCUT2D eigenvalue weighted by molar-refractivity contribution is 0.153. The molecule has 0 aromatic rings. The van der Waals surface area contributed by atoms with E-state index in [0.29, 0.717) is 0 Å². The number of hydrogen-bond acceptors (Lipinski definition) is 0. The third-order valence-electron chi connectivity index (χ3n) is 9.35. The van der Waals surface area contributed by atoms with Gasteiger partial charge in [0.25, 0.3) is 0 Å². The van der Waals surface area contributed by atoms with Crippen LogP contribution in [0.4, 0.5) is 0 Å². The molecule has 0 aromatic heterocycles. The number of hydrogen-bond donors (Lipinski definition) is 0. The van der Waals surface area contributed by atoms with Crippen molar-refractivity contribution in [3.05, 3.63) is 0 Å². The van der Waals surface area contributed by atoms with E-state index in [1.807, 2.05) is 0 Å². The second-order valence-corrected chi connectivity index (χ2v) is 11.7. The van der Waals surface area contributed by atoms with Gasteiger partial charge in [-0.1, -0.05) is 96.3 Å². The fraction of sp³-hybridized carbons (Fsp3) is 0.935. The van der Waals surface area contributed by atoms with Gasteiger partial charge in [0, 0.05) is 11.8 Å². The van der Waals surface area contributed by atoms with Crippen LogP contribution >= 0.6 is 0 Å². The van der Waals surface area contributed by atoms with Gasteiger partial charge in [0.1, 0.15) is 0 Å². The Morgan fingerprint density at radius 1 is 0.452 bits per heavy atom. The highest BCUT2D eigenvalue weighted by atomic mass is 14.4. The van der Waals surface area contributed by atoms with E-state index >= 15 is 0 Å². The van der Waals surface area contributed by atoms with E-state index in [-0.39, 0.29) is 0 Å². The first-order valence-corrected chi connectivity index (χ1v) is 14.8. The van der Waals surface area contributed by atoms with Crippen LogP contribution < -0.4 is 0 Å². The molecule has 0 unspecified atom stereocenters. The summed E-state index contributed by atoms with van der Waals surface area (Å²) in [5.41, 5.74) is 0. The topological polar surface area (TPSA) is 0 Å². The van der Waals surface area contributed by atoms with Crippen molar-refractivity contribution in [2.45, 2.75) is 149 Å². The van der Waals surface area contributed by atoms with Crippen molar-refractivity contribution in [1.29, 1.82) is 0 Å². The molecule has 0 amide bonds. The molecule has 0 heterocycles. The molecule has 3 rings (SSSR count). The first kappa shape index (κ1) is 25.2. The van der Waals surface area contributed by atoms with Gasteiger partial charge in [0.05, 0.1) is 0 Å². The van der Waals surface area contributed by atoms with Gasteiger partial charge in [-0.25, -0.2) is 0 Å². The summed E-state index contributed by atoms with van der Waals surface area (Å²) in [5.74, 6) is 13.2. The Morgan fingerprint density at radius 3 is 1.35 bits per heavy atom. The smallest absolute Gasteiger partial charge is 0.0203 e. The fourth-order valence-corrected chi connectivity index (χ4v) is 7.06. The quantitative estimate of drug-likeness (QED) is 0.241. The largest absolute Gasteiger partial charge is 0.0996 e. The minimum Gasteiger partial charge on any atom is -0.0996 e.